The van der Waals surface area contributed by atoms with Crippen molar-refractivity contribution in [2.45, 2.75) is 13.3 Å². The van der Waals surface area contributed by atoms with Crippen LogP contribution < -0.4 is 9.47 Å². The molecule has 0 aliphatic heterocycles. The van der Waals surface area contributed by atoms with Crippen LogP contribution in [-0.4, -0.2) is 6.36 Å². The molecule has 0 saturated heterocycles. The lowest BCUT2D eigenvalue weighted by molar-refractivity contribution is -0.274. The molecular weight excluding hydrogens is 257 g/mol. The molecule has 0 heterocycles. The zero-order chi connectivity index (χ0) is 13.9. The first-order valence-corrected chi connectivity index (χ1v) is 5.44. The highest BCUT2D eigenvalue weighted by Gasteiger charge is 2.30. The standard InChI is InChI=1S/C14H10F3O2/c1-10-3-2-4-13(9-10)18-11-5-7-12(8-6-11)19-14(15,16)17/h2,4-9H,1H3. The molecule has 5 heteroatoms. The smallest absolute Gasteiger partial charge is 0.457 e. The number of halogens is 3. The molecule has 1 radical (unpaired) electrons. The van der Waals surface area contributed by atoms with Crippen LogP contribution in [0.5, 0.6) is 17.2 Å². The lowest BCUT2D eigenvalue weighted by Crippen LogP contribution is -2.16. The Bertz CT molecular complexity index is 547. The Hall–Kier alpha value is -2.17. The van der Waals surface area contributed by atoms with Gasteiger partial charge in [0.15, 0.2) is 0 Å². The van der Waals surface area contributed by atoms with Crippen molar-refractivity contribution in [3.8, 4) is 17.2 Å². The highest BCUT2D eigenvalue weighted by Crippen LogP contribution is 2.27. The Balaban J connectivity index is 2.07. The van der Waals surface area contributed by atoms with E-state index in [1.165, 1.54) is 24.3 Å². The Kier molecular flexibility index (Phi) is 3.64. The molecule has 0 N–H and O–H groups in total. The summed E-state index contributed by atoms with van der Waals surface area (Å²) in [6.45, 7) is 1.87. The molecular formula is C14H10F3O2. The quantitative estimate of drug-likeness (QED) is 0.816. The molecule has 0 unspecified atom stereocenters. The van der Waals surface area contributed by atoms with Gasteiger partial charge in [-0.3, -0.25) is 0 Å². The van der Waals surface area contributed by atoms with Crippen LogP contribution in [0.1, 0.15) is 5.56 Å². The third-order valence-corrected chi connectivity index (χ3v) is 2.21. The first-order valence-electron chi connectivity index (χ1n) is 5.44. The van der Waals surface area contributed by atoms with Crippen molar-refractivity contribution >= 4 is 0 Å². The molecule has 0 bridgehead atoms. The van der Waals surface area contributed by atoms with Crippen molar-refractivity contribution in [2.75, 3.05) is 0 Å². The summed E-state index contributed by atoms with van der Waals surface area (Å²) in [5, 5.41) is 0. The zero-order valence-electron chi connectivity index (χ0n) is 9.99. The Morgan fingerprint density at radius 3 is 2.16 bits per heavy atom. The van der Waals surface area contributed by atoms with E-state index in [2.05, 4.69) is 10.8 Å². The Morgan fingerprint density at radius 1 is 0.947 bits per heavy atom. The van der Waals surface area contributed by atoms with Crippen molar-refractivity contribution in [3.63, 3.8) is 0 Å². The van der Waals surface area contributed by atoms with E-state index >= 15 is 0 Å². The number of ether oxygens (including phenoxy) is 2. The van der Waals surface area contributed by atoms with Gasteiger partial charge in [-0.2, -0.15) is 0 Å². The highest BCUT2D eigenvalue weighted by molar-refractivity contribution is 5.36. The minimum atomic E-state index is -4.69. The monoisotopic (exact) mass is 267 g/mol. The zero-order valence-corrected chi connectivity index (χ0v) is 9.99. The van der Waals surface area contributed by atoms with Crippen molar-refractivity contribution < 1.29 is 22.6 Å². The largest absolute Gasteiger partial charge is 0.573 e. The second-order valence-corrected chi connectivity index (χ2v) is 3.83. The van der Waals surface area contributed by atoms with Gasteiger partial charge in [0, 0.05) is 0 Å². The van der Waals surface area contributed by atoms with Crippen molar-refractivity contribution in [3.05, 3.63) is 54.1 Å². The van der Waals surface area contributed by atoms with Gasteiger partial charge >= 0.3 is 6.36 Å². The normalized spacial score (nSPS) is 11.2. The summed E-state index contributed by atoms with van der Waals surface area (Å²) in [6, 6.07) is 13.4. The van der Waals surface area contributed by atoms with Crippen LogP contribution in [0.2, 0.25) is 0 Å². The molecule has 0 amide bonds. The summed E-state index contributed by atoms with van der Waals surface area (Å²) in [4.78, 5) is 0. The molecule has 0 aromatic heterocycles. The summed E-state index contributed by atoms with van der Waals surface area (Å²) in [5.74, 6) is 0.748. The second-order valence-electron chi connectivity index (χ2n) is 3.83. The van der Waals surface area contributed by atoms with Gasteiger partial charge in [0.1, 0.15) is 17.2 Å². The van der Waals surface area contributed by atoms with E-state index in [-0.39, 0.29) is 5.75 Å². The summed E-state index contributed by atoms with van der Waals surface area (Å²) in [7, 11) is 0. The first kappa shape index (κ1) is 13.3. The topological polar surface area (TPSA) is 18.5 Å². The molecule has 0 atom stereocenters. The SMILES string of the molecule is Cc1[c]ccc(Oc2ccc(OC(F)(F)F)cc2)c1. The average molecular weight is 267 g/mol. The second kappa shape index (κ2) is 5.22. The Morgan fingerprint density at radius 2 is 1.58 bits per heavy atom. The number of hydrogen-bond acceptors (Lipinski definition) is 2. The highest BCUT2D eigenvalue weighted by atomic mass is 19.4. The number of alkyl halides is 3. The van der Waals surface area contributed by atoms with Crippen LogP contribution in [0.25, 0.3) is 0 Å². The summed E-state index contributed by atoms with van der Waals surface area (Å²) >= 11 is 0. The van der Waals surface area contributed by atoms with Gasteiger partial charge in [-0.15, -0.1) is 13.2 Å². The maximum absolute atomic E-state index is 12.0. The maximum Gasteiger partial charge on any atom is 0.573 e. The van der Waals surface area contributed by atoms with Crippen molar-refractivity contribution in [1.29, 1.82) is 0 Å². The minimum Gasteiger partial charge on any atom is -0.457 e. The molecule has 2 nitrogen and oxygen atoms in total. The number of benzene rings is 2. The summed E-state index contributed by atoms with van der Waals surface area (Å²) in [5.41, 5.74) is 0.912. The van der Waals surface area contributed by atoms with Crippen LogP contribution in [0.15, 0.2) is 42.5 Å². The van der Waals surface area contributed by atoms with Gasteiger partial charge in [0.25, 0.3) is 0 Å². The fourth-order valence-corrected chi connectivity index (χ4v) is 1.47. The fraction of sp³-hybridized carbons (Fsp3) is 0.143. The van der Waals surface area contributed by atoms with E-state index in [1.54, 1.807) is 18.2 Å². The maximum atomic E-state index is 12.0. The Labute approximate surface area is 108 Å². The molecule has 2 aromatic carbocycles. The molecule has 19 heavy (non-hydrogen) atoms. The van der Waals surface area contributed by atoms with Gasteiger partial charge in [-0.05, 0) is 55.0 Å². The van der Waals surface area contributed by atoms with Crippen LogP contribution in [0.3, 0.4) is 0 Å². The van der Waals surface area contributed by atoms with E-state index in [1.807, 2.05) is 6.92 Å². The minimum absolute atomic E-state index is 0.280. The summed E-state index contributed by atoms with van der Waals surface area (Å²) in [6.07, 6.45) is -4.69. The molecule has 0 aliphatic carbocycles. The van der Waals surface area contributed by atoms with E-state index in [9.17, 15) is 13.2 Å². The third-order valence-electron chi connectivity index (χ3n) is 2.21. The number of rotatable bonds is 3. The molecule has 0 spiro atoms. The predicted molar refractivity (Wildman–Crippen MR) is 63.2 cm³/mol. The fourth-order valence-electron chi connectivity index (χ4n) is 1.47. The summed E-state index contributed by atoms with van der Waals surface area (Å²) < 4.78 is 45.2. The predicted octanol–water partition coefficient (Wildman–Crippen LogP) is 4.49. The lowest BCUT2D eigenvalue weighted by Gasteiger charge is -2.10. The van der Waals surface area contributed by atoms with E-state index < -0.39 is 6.36 Å². The number of hydrogen-bond donors (Lipinski definition) is 0. The average Bonchev–Trinajstić information content (AvgIpc) is 2.30. The van der Waals surface area contributed by atoms with Crippen LogP contribution in [0, 0.1) is 13.0 Å². The van der Waals surface area contributed by atoms with E-state index in [4.69, 9.17) is 4.74 Å². The first-order chi connectivity index (χ1) is 8.92. The lowest BCUT2D eigenvalue weighted by atomic mass is 10.2. The van der Waals surface area contributed by atoms with Crippen molar-refractivity contribution in [2.24, 2.45) is 0 Å². The van der Waals surface area contributed by atoms with Crippen LogP contribution >= 0.6 is 0 Å². The molecule has 2 rings (SSSR count). The number of aryl methyl sites for hydroxylation is 1. The van der Waals surface area contributed by atoms with Gasteiger partial charge in [0.05, 0.1) is 0 Å². The van der Waals surface area contributed by atoms with E-state index in [0.29, 0.717) is 11.5 Å². The van der Waals surface area contributed by atoms with Crippen molar-refractivity contribution in [1.82, 2.24) is 0 Å². The molecule has 2 aromatic rings. The van der Waals surface area contributed by atoms with Crippen LogP contribution in [-0.2, 0) is 0 Å². The van der Waals surface area contributed by atoms with Gasteiger partial charge in [-0.25, -0.2) is 0 Å². The molecule has 0 aliphatic rings. The van der Waals surface area contributed by atoms with Gasteiger partial charge in [0.2, 0.25) is 0 Å². The van der Waals surface area contributed by atoms with Crippen LogP contribution in [0.4, 0.5) is 13.2 Å². The molecule has 0 saturated carbocycles. The molecule has 0 fully saturated rings. The molecule has 99 valence electrons. The third kappa shape index (κ3) is 4.21. The van der Waals surface area contributed by atoms with E-state index in [0.717, 1.165) is 5.56 Å². The van der Waals surface area contributed by atoms with Gasteiger partial charge < -0.3 is 9.47 Å². The van der Waals surface area contributed by atoms with Gasteiger partial charge in [-0.1, -0.05) is 6.07 Å².